The average molecular weight is 140 g/mol. The van der Waals surface area contributed by atoms with Gasteiger partial charge in [0.1, 0.15) is 5.78 Å². The molecule has 0 heterocycles. The van der Waals surface area contributed by atoms with Gasteiger partial charge >= 0.3 is 0 Å². The molecule has 2 nitrogen and oxygen atoms in total. The van der Waals surface area contributed by atoms with E-state index in [1.807, 2.05) is 6.92 Å². The SMILES string of the molecule is CC1=C(O)CC(=O)CCC1. The van der Waals surface area contributed by atoms with E-state index >= 15 is 0 Å². The van der Waals surface area contributed by atoms with Gasteiger partial charge in [0, 0.05) is 6.42 Å². The molecule has 0 radical (unpaired) electrons. The molecule has 1 aliphatic carbocycles. The molecule has 0 aliphatic heterocycles. The second-order valence-corrected chi connectivity index (χ2v) is 2.80. The molecule has 0 amide bonds. The largest absolute Gasteiger partial charge is 0.512 e. The van der Waals surface area contributed by atoms with E-state index in [-0.39, 0.29) is 12.2 Å². The van der Waals surface area contributed by atoms with Crippen molar-refractivity contribution < 1.29 is 9.90 Å². The average Bonchev–Trinajstić information content (AvgIpc) is 1.96. The van der Waals surface area contributed by atoms with Gasteiger partial charge in [0.05, 0.1) is 12.2 Å². The summed E-state index contributed by atoms with van der Waals surface area (Å²) in [6, 6.07) is 0. The van der Waals surface area contributed by atoms with Crippen LogP contribution in [0.3, 0.4) is 0 Å². The Hall–Kier alpha value is -0.790. The molecule has 1 aliphatic rings. The van der Waals surface area contributed by atoms with E-state index in [0.717, 1.165) is 18.4 Å². The molecule has 56 valence electrons. The van der Waals surface area contributed by atoms with Crippen molar-refractivity contribution in [1.29, 1.82) is 0 Å². The quantitative estimate of drug-likeness (QED) is 0.558. The van der Waals surface area contributed by atoms with Crippen LogP contribution >= 0.6 is 0 Å². The normalized spacial score (nSPS) is 21.1. The van der Waals surface area contributed by atoms with Gasteiger partial charge in [-0.25, -0.2) is 0 Å². The second kappa shape index (κ2) is 2.86. The fraction of sp³-hybridized carbons (Fsp3) is 0.625. The van der Waals surface area contributed by atoms with E-state index < -0.39 is 0 Å². The van der Waals surface area contributed by atoms with Crippen molar-refractivity contribution in [2.45, 2.75) is 32.6 Å². The van der Waals surface area contributed by atoms with Gasteiger partial charge in [-0.3, -0.25) is 4.79 Å². The molecular formula is C8H12O2. The summed E-state index contributed by atoms with van der Waals surface area (Å²) in [7, 11) is 0. The van der Waals surface area contributed by atoms with Crippen molar-refractivity contribution in [3.8, 4) is 0 Å². The number of rotatable bonds is 0. The van der Waals surface area contributed by atoms with Crippen LogP contribution in [-0.2, 0) is 4.79 Å². The van der Waals surface area contributed by atoms with Crippen LogP contribution in [0.4, 0.5) is 0 Å². The summed E-state index contributed by atoms with van der Waals surface area (Å²) in [5.41, 5.74) is 0.978. The standard InChI is InChI=1S/C8H12O2/c1-6-3-2-4-7(9)5-8(6)10/h10H,2-5H2,1H3. The Bertz CT molecular complexity index is 180. The number of carbonyl (C=O) groups excluding carboxylic acids is 1. The minimum absolute atomic E-state index is 0.161. The number of hydrogen-bond acceptors (Lipinski definition) is 2. The van der Waals surface area contributed by atoms with E-state index in [1.54, 1.807) is 0 Å². The minimum Gasteiger partial charge on any atom is -0.512 e. The third kappa shape index (κ3) is 1.59. The Morgan fingerprint density at radius 3 is 2.80 bits per heavy atom. The van der Waals surface area contributed by atoms with Crippen LogP contribution in [0.2, 0.25) is 0 Å². The maximum atomic E-state index is 10.8. The van der Waals surface area contributed by atoms with Gasteiger partial charge < -0.3 is 5.11 Å². The molecule has 1 rings (SSSR count). The lowest BCUT2D eigenvalue weighted by Crippen LogP contribution is -1.96. The zero-order valence-electron chi connectivity index (χ0n) is 6.18. The Morgan fingerprint density at radius 1 is 1.40 bits per heavy atom. The summed E-state index contributed by atoms with van der Waals surface area (Å²) < 4.78 is 0. The molecule has 0 spiro atoms. The lowest BCUT2D eigenvalue weighted by atomic mass is 10.1. The maximum Gasteiger partial charge on any atom is 0.140 e. The first-order valence-electron chi connectivity index (χ1n) is 3.59. The molecule has 0 aromatic rings. The van der Waals surface area contributed by atoms with Crippen molar-refractivity contribution in [1.82, 2.24) is 0 Å². The highest BCUT2D eigenvalue weighted by atomic mass is 16.3. The van der Waals surface area contributed by atoms with Crippen LogP contribution in [0, 0.1) is 0 Å². The fourth-order valence-corrected chi connectivity index (χ4v) is 1.12. The van der Waals surface area contributed by atoms with Crippen LogP contribution in [0.15, 0.2) is 11.3 Å². The van der Waals surface area contributed by atoms with Gasteiger partial charge in [-0.15, -0.1) is 0 Å². The molecule has 0 saturated carbocycles. The predicted octanol–water partition coefficient (Wildman–Crippen LogP) is 1.96. The minimum atomic E-state index is 0.161. The highest BCUT2D eigenvalue weighted by molar-refractivity contribution is 5.80. The van der Waals surface area contributed by atoms with Crippen LogP contribution < -0.4 is 0 Å². The molecule has 0 aromatic carbocycles. The van der Waals surface area contributed by atoms with Crippen molar-refractivity contribution in [2.75, 3.05) is 0 Å². The molecule has 1 N–H and O–H groups in total. The molecule has 0 aromatic heterocycles. The van der Waals surface area contributed by atoms with Gasteiger partial charge in [0.15, 0.2) is 0 Å². The first kappa shape index (κ1) is 7.32. The van der Waals surface area contributed by atoms with E-state index in [1.165, 1.54) is 0 Å². The fourth-order valence-electron chi connectivity index (χ4n) is 1.12. The van der Waals surface area contributed by atoms with E-state index in [2.05, 4.69) is 0 Å². The van der Waals surface area contributed by atoms with Crippen molar-refractivity contribution in [3.05, 3.63) is 11.3 Å². The third-order valence-electron chi connectivity index (χ3n) is 1.86. The number of hydrogen-bond donors (Lipinski definition) is 1. The van der Waals surface area contributed by atoms with Crippen LogP contribution in [-0.4, -0.2) is 10.9 Å². The lowest BCUT2D eigenvalue weighted by Gasteiger charge is -1.97. The molecular weight excluding hydrogens is 128 g/mol. The summed E-state index contributed by atoms with van der Waals surface area (Å²) in [4.78, 5) is 10.8. The van der Waals surface area contributed by atoms with Gasteiger partial charge in [-0.2, -0.15) is 0 Å². The van der Waals surface area contributed by atoms with Crippen molar-refractivity contribution in [3.63, 3.8) is 0 Å². The Morgan fingerprint density at radius 2 is 2.10 bits per heavy atom. The summed E-state index contributed by atoms with van der Waals surface area (Å²) in [5, 5.41) is 9.19. The van der Waals surface area contributed by atoms with E-state index in [9.17, 15) is 9.90 Å². The molecule has 0 atom stereocenters. The summed E-state index contributed by atoms with van der Waals surface area (Å²) >= 11 is 0. The molecule has 0 saturated heterocycles. The van der Waals surface area contributed by atoms with Gasteiger partial charge in [-0.05, 0) is 25.3 Å². The Labute approximate surface area is 60.6 Å². The number of ketones is 1. The zero-order valence-corrected chi connectivity index (χ0v) is 6.18. The Kier molecular flexibility index (Phi) is 2.10. The van der Waals surface area contributed by atoms with Crippen LogP contribution in [0.25, 0.3) is 0 Å². The number of aliphatic hydroxyl groups is 1. The number of Topliss-reactive ketones (excluding diaryl/α,β-unsaturated/α-hetero) is 1. The maximum absolute atomic E-state index is 10.8. The highest BCUT2D eigenvalue weighted by Gasteiger charge is 2.12. The van der Waals surface area contributed by atoms with Gasteiger partial charge in [0.25, 0.3) is 0 Å². The van der Waals surface area contributed by atoms with Gasteiger partial charge in [-0.1, -0.05) is 0 Å². The van der Waals surface area contributed by atoms with E-state index in [4.69, 9.17) is 0 Å². The molecule has 0 unspecified atom stereocenters. The summed E-state index contributed by atoms with van der Waals surface area (Å²) in [5.74, 6) is 0.455. The van der Waals surface area contributed by atoms with Crippen LogP contribution in [0.1, 0.15) is 32.6 Å². The molecule has 2 heteroatoms. The molecule has 0 fully saturated rings. The second-order valence-electron chi connectivity index (χ2n) is 2.80. The Balaban J connectivity index is 2.70. The van der Waals surface area contributed by atoms with Crippen molar-refractivity contribution >= 4 is 5.78 Å². The van der Waals surface area contributed by atoms with E-state index in [0.29, 0.717) is 12.2 Å². The zero-order chi connectivity index (χ0) is 7.56. The lowest BCUT2D eigenvalue weighted by molar-refractivity contribution is -0.118. The highest BCUT2D eigenvalue weighted by Crippen LogP contribution is 2.18. The first-order chi connectivity index (χ1) is 4.70. The van der Waals surface area contributed by atoms with Crippen molar-refractivity contribution in [2.24, 2.45) is 0 Å². The summed E-state index contributed by atoms with van der Waals surface area (Å²) in [6.45, 7) is 1.88. The van der Waals surface area contributed by atoms with Gasteiger partial charge in [0.2, 0.25) is 0 Å². The number of allylic oxidation sites excluding steroid dienone is 2. The number of aliphatic hydroxyl groups excluding tert-OH is 1. The summed E-state index contributed by atoms with van der Waals surface area (Å²) in [6.07, 6.45) is 2.65. The molecule has 10 heavy (non-hydrogen) atoms. The predicted molar refractivity (Wildman–Crippen MR) is 38.8 cm³/mol. The monoisotopic (exact) mass is 140 g/mol. The first-order valence-corrected chi connectivity index (χ1v) is 3.59. The van der Waals surface area contributed by atoms with Crippen LogP contribution in [0.5, 0.6) is 0 Å². The topological polar surface area (TPSA) is 37.3 Å². The molecule has 0 bridgehead atoms. The third-order valence-corrected chi connectivity index (χ3v) is 1.86. The smallest absolute Gasteiger partial charge is 0.140 e. The number of carbonyl (C=O) groups is 1.